The molecule has 0 aliphatic rings. The minimum Gasteiger partial charge on any atom is -0.383 e. The number of methoxy groups -OCH3 is 1. The van der Waals surface area contributed by atoms with Crippen LogP contribution in [0.2, 0.25) is 10.0 Å². The minimum absolute atomic E-state index is 0.0748. The van der Waals surface area contributed by atoms with Crippen LogP contribution in [0.25, 0.3) is 0 Å². The molecule has 3 nitrogen and oxygen atoms in total. The van der Waals surface area contributed by atoms with E-state index in [4.69, 9.17) is 27.9 Å². The highest BCUT2D eigenvalue weighted by Crippen LogP contribution is 2.24. The fourth-order valence-corrected chi connectivity index (χ4v) is 2.62. The Morgan fingerprint density at radius 2 is 2.06 bits per heavy atom. The predicted molar refractivity (Wildman–Crippen MR) is 78.0 cm³/mol. The van der Waals surface area contributed by atoms with Crippen molar-refractivity contribution in [2.45, 2.75) is 12.5 Å². The Balaban J connectivity index is 2.80. The van der Waals surface area contributed by atoms with E-state index in [9.17, 15) is 4.79 Å². The van der Waals surface area contributed by atoms with E-state index < -0.39 is 0 Å². The van der Waals surface area contributed by atoms with Crippen LogP contribution >= 0.6 is 39.1 Å². The molecule has 6 heteroatoms. The van der Waals surface area contributed by atoms with Gasteiger partial charge < -0.3 is 10.1 Å². The Labute approximate surface area is 125 Å². The van der Waals surface area contributed by atoms with Gasteiger partial charge in [-0.3, -0.25) is 4.79 Å². The van der Waals surface area contributed by atoms with Gasteiger partial charge in [0.2, 0.25) is 0 Å². The van der Waals surface area contributed by atoms with Gasteiger partial charge >= 0.3 is 0 Å². The summed E-state index contributed by atoms with van der Waals surface area (Å²) in [6, 6.07) is 4.90. The van der Waals surface area contributed by atoms with E-state index >= 15 is 0 Å². The van der Waals surface area contributed by atoms with Crippen molar-refractivity contribution >= 4 is 45.0 Å². The lowest BCUT2D eigenvalue weighted by atomic mass is 10.1. The summed E-state index contributed by atoms with van der Waals surface area (Å²) in [5.74, 6) is -0.284. The molecule has 18 heavy (non-hydrogen) atoms. The predicted octanol–water partition coefficient (Wildman–Crippen LogP) is 3.52. The number of rotatable bonds is 6. The molecule has 0 aliphatic carbocycles. The normalized spacial score (nSPS) is 12.2. The fraction of sp³-hybridized carbons (Fsp3) is 0.417. The first-order valence-electron chi connectivity index (χ1n) is 5.40. The van der Waals surface area contributed by atoms with Gasteiger partial charge in [-0.2, -0.15) is 0 Å². The summed E-state index contributed by atoms with van der Waals surface area (Å²) in [5.41, 5.74) is 0.302. The lowest BCUT2D eigenvalue weighted by Gasteiger charge is -2.17. The number of alkyl halides is 1. The molecule has 0 saturated carbocycles. The number of carbonyl (C=O) groups excluding carboxylic acids is 1. The maximum Gasteiger partial charge on any atom is 0.254 e. The molecule has 0 aromatic heterocycles. The number of ether oxygens (including phenoxy) is 1. The molecular formula is C12H14BrCl2NO2. The van der Waals surface area contributed by atoms with Crippen LogP contribution in [0, 0.1) is 0 Å². The van der Waals surface area contributed by atoms with Crippen LogP contribution in [0.15, 0.2) is 18.2 Å². The van der Waals surface area contributed by atoms with Crippen molar-refractivity contribution in [3.8, 4) is 0 Å². The van der Waals surface area contributed by atoms with E-state index in [1.807, 2.05) is 0 Å². The van der Waals surface area contributed by atoms with E-state index in [0.717, 1.165) is 11.8 Å². The number of hydrogen-bond donors (Lipinski definition) is 1. The molecule has 0 bridgehead atoms. The summed E-state index contributed by atoms with van der Waals surface area (Å²) in [7, 11) is 1.59. The zero-order valence-corrected chi connectivity index (χ0v) is 13.0. The van der Waals surface area contributed by atoms with Crippen LogP contribution in [0.5, 0.6) is 0 Å². The molecule has 1 N–H and O–H groups in total. The summed E-state index contributed by atoms with van der Waals surface area (Å²) < 4.78 is 5.05. The van der Waals surface area contributed by atoms with Crippen molar-refractivity contribution in [1.82, 2.24) is 5.32 Å². The number of carbonyl (C=O) groups is 1. The van der Waals surface area contributed by atoms with Crippen molar-refractivity contribution in [3.05, 3.63) is 33.8 Å². The van der Waals surface area contributed by atoms with E-state index in [-0.39, 0.29) is 11.9 Å². The van der Waals surface area contributed by atoms with Crippen molar-refractivity contribution in [2.75, 3.05) is 19.0 Å². The van der Waals surface area contributed by atoms with Crippen LogP contribution in [0.3, 0.4) is 0 Å². The van der Waals surface area contributed by atoms with Crippen LogP contribution < -0.4 is 5.32 Å². The van der Waals surface area contributed by atoms with Gasteiger partial charge in [-0.1, -0.05) is 45.2 Å². The summed E-state index contributed by atoms with van der Waals surface area (Å²) in [6.45, 7) is 0.444. The molecule has 1 atom stereocenters. The van der Waals surface area contributed by atoms with Gasteiger partial charge in [0, 0.05) is 12.4 Å². The molecule has 0 heterocycles. The largest absolute Gasteiger partial charge is 0.383 e. The van der Waals surface area contributed by atoms with Gasteiger partial charge in [-0.25, -0.2) is 0 Å². The van der Waals surface area contributed by atoms with E-state index in [1.165, 1.54) is 0 Å². The highest BCUT2D eigenvalue weighted by molar-refractivity contribution is 9.09. The molecule has 1 unspecified atom stereocenters. The standard InChI is InChI=1S/C12H14BrCl2NO2/c1-18-7-8(5-6-13)16-12(17)11-9(14)3-2-4-10(11)15/h2-4,8H,5-7H2,1H3,(H,16,17). The number of nitrogens with one attached hydrogen (secondary N) is 1. The van der Waals surface area contributed by atoms with Gasteiger partial charge in [0.1, 0.15) is 0 Å². The third kappa shape index (κ3) is 4.43. The van der Waals surface area contributed by atoms with Gasteiger partial charge in [-0.05, 0) is 18.6 Å². The molecule has 1 amide bonds. The molecule has 100 valence electrons. The van der Waals surface area contributed by atoms with Crippen LogP contribution in [0.1, 0.15) is 16.8 Å². The van der Waals surface area contributed by atoms with Gasteiger partial charge in [0.05, 0.1) is 28.3 Å². The highest BCUT2D eigenvalue weighted by Gasteiger charge is 2.18. The zero-order chi connectivity index (χ0) is 13.5. The van der Waals surface area contributed by atoms with Crippen LogP contribution in [-0.4, -0.2) is 31.0 Å². The molecule has 1 rings (SSSR count). The number of hydrogen-bond acceptors (Lipinski definition) is 2. The molecule has 0 fully saturated rings. The Bertz CT molecular complexity index is 389. The third-order valence-electron chi connectivity index (χ3n) is 2.35. The summed E-state index contributed by atoms with van der Waals surface area (Å²) in [6.07, 6.45) is 0.766. The van der Waals surface area contributed by atoms with Crippen molar-refractivity contribution in [3.63, 3.8) is 0 Å². The lowest BCUT2D eigenvalue weighted by molar-refractivity contribution is 0.0896. The van der Waals surface area contributed by atoms with E-state index in [1.54, 1.807) is 25.3 Å². The quantitative estimate of drug-likeness (QED) is 0.793. The minimum atomic E-state index is -0.284. The average Bonchev–Trinajstić information content (AvgIpc) is 2.29. The second kappa shape index (κ2) is 8.00. The summed E-state index contributed by atoms with van der Waals surface area (Å²) >= 11 is 15.3. The smallest absolute Gasteiger partial charge is 0.254 e. The second-order valence-corrected chi connectivity index (χ2v) is 5.31. The molecule has 1 aromatic rings. The third-order valence-corrected chi connectivity index (χ3v) is 3.44. The number of amides is 1. The summed E-state index contributed by atoms with van der Waals surface area (Å²) in [4.78, 5) is 12.1. The summed E-state index contributed by atoms with van der Waals surface area (Å²) in [5, 5.41) is 4.31. The molecule has 0 spiro atoms. The van der Waals surface area contributed by atoms with Gasteiger partial charge in [0.15, 0.2) is 0 Å². The Hall–Kier alpha value is -0.290. The van der Waals surface area contributed by atoms with Gasteiger partial charge in [0.25, 0.3) is 5.91 Å². The molecule has 0 radical (unpaired) electrons. The number of halogens is 3. The van der Waals surface area contributed by atoms with Crippen molar-refractivity contribution in [2.24, 2.45) is 0 Å². The molecule has 0 saturated heterocycles. The SMILES string of the molecule is COCC(CCBr)NC(=O)c1c(Cl)cccc1Cl. The lowest BCUT2D eigenvalue weighted by Crippen LogP contribution is -2.38. The maximum atomic E-state index is 12.1. The Kier molecular flexibility index (Phi) is 7.00. The fourth-order valence-electron chi connectivity index (χ4n) is 1.50. The van der Waals surface area contributed by atoms with Crippen LogP contribution in [-0.2, 0) is 4.74 Å². The number of benzene rings is 1. The zero-order valence-electron chi connectivity index (χ0n) is 9.88. The van der Waals surface area contributed by atoms with Crippen molar-refractivity contribution in [1.29, 1.82) is 0 Å². The molecule has 1 aromatic carbocycles. The van der Waals surface area contributed by atoms with Gasteiger partial charge in [-0.15, -0.1) is 0 Å². The molecular weight excluding hydrogens is 341 g/mol. The first-order valence-corrected chi connectivity index (χ1v) is 7.27. The second-order valence-electron chi connectivity index (χ2n) is 3.70. The van der Waals surface area contributed by atoms with E-state index in [2.05, 4.69) is 21.2 Å². The Morgan fingerprint density at radius 3 is 2.56 bits per heavy atom. The van der Waals surface area contributed by atoms with E-state index in [0.29, 0.717) is 22.2 Å². The average molecular weight is 355 g/mol. The Morgan fingerprint density at radius 1 is 1.44 bits per heavy atom. The first-order chi connectivity index (χ1) is 8.60. The maximum absolute atomic E-state index is 12.1. The topological polar surface area (TPSA) is 38.3 Å². The van der Waals surface area contributed by atoms with Crippen molar-refractivity contribution < 1.29 is 9.53 Å². The first kappa shape index (κ1) is 15.8. The molecule has 0 aliphatic heterocycles. The highest BCUT2D eigenvalue weighted by atomic mass is 79.9. The van der Waals surface area contributed by atoms with Crippen LogP contribution in [0.4, 0.5) is 0 Å². The monoisotopic (exact) mass is 353 g/mol.